The number of anilines is 2. The van der Waals surface area contributed by atoms with E-state index in [2.05, 4.69) is 35.2 Å². The summed E-state index contributed by atoms with van der Waals surface area (Å²) in [4.78, 5) is 2.26. The lowest BCUT2D eigenvalue weighted by Crippen LogP contribution is -2.13. The van der Waals surface area contributed by atoms with E-state index in [1.165, 1.54) is 11.3 Å². The molecular formula is C18H14ClNO. The van der Waals surface area contributed by atoms with E-state index < -0.39 is 0 Å². The molecule has 1 heterocycles. The topological polar surface area (TPSA) is 23.5 Å². The maximum atomic E-state index is 10.1. The highest BCUT2D eigenvalue weighted by molar-refractivity contribution is 6.37. The Morgan fingerprint density at radius 3 is 2.48 bits per heavy atom. The predicted octanol–water partition coefficient (Wildman–Crippen LogP) is 4.89. The molecule has 3 aromatic carbocycles. The highest BCUT2D eigenvalue weighted by atomic mass is 35.5. The number of para-hydroxylation sites is 1. The van der Waals surface area contributed by atoms with Gasteiger partial charge in [0.25, 0.3) is 0 Å². The third kappa shape index (κ3) is 1.87. The molecule has 0 radical (unpaired) electrons. The van der Waals surface area contributed by atoms with Gasteiger partial charge in [-0.1, -0.05) is 54.1 Å². The zero-order chi connectivity index (χ0) is 14.4. The minimum Gasteiger partial charge on any atom is -0.506 e. The van der Waals surface area contributed by atoms with E-state index in [0.29, 0.717) is 5.02 Å². The van der Waals surface area contributed by atoms with Gasteiger partial charge in [-0.05, 0) is 18.1 Å². The standard InChI is InChI=1S/C18H14ClNO/c19-18-14-7-3-2-6-13(14)16(11-17(18)21)20-10-9-12-5-1-4-8-15(12)20/h1-8,11,21H,9-10H2. The monoisotopic (exact) mass is 295 g/mol. The lowest BCUT2D eigenvalue weighted by Gasteiger charge is -2.22. The van der Waals surface area contributed by atoms with Gasteiger partial charge in [0.15, 0.2) is 0 Å². The second-order valence-electron chi connectivity index (χ2n) is 5.30. The Balaban J connectivity index is 1.98. The average molecular weight is 296 g/mol. The number of benzene rings is 3. The molecular weight excluding hydrogens is 282 g/mol. The van der Waals surface area contributed by atoms with Crippen LogP contribution in [-0.4, -0.2) is 11.7 Å². The fraction of sp³-hybridized carbons (Fsp3) is 0.111. The van der Waals surface area contributed by atoms with E-state index >= 15 is 0 Å². The Morgan fingerprint density at radius 2 is 1.62 bits per heavy atom. The molecule has 0 saturated heterocycles. The van der Waals surface area contributed by atoms with Gasteiger partial charge in [-0.15, -0.1) is 0 Å². The lowest BCUT2D eigenvalue weighted by atomic mass is 10.1. The van der Waals surface area contributed by atoms with E-state index in [-0.39, 0.29) is 5.75 Å². The fourth-order valence-electron chi connectivity index (χ4n) is 3.12. The van der Waals surface area contributed by atoms with Gasteiger partial charge in [0, 0.05) is 29.1 Å². The van der Waals surface area contributed by atoms with E-state index in [1.807, 2.05) is 18.2 Å². The largest absolute Gasteiger partial charge is 0.506 e. The van der Waals surface area contributed by atoms with Crippen molar-refractivity contribution in [3.05, 3.63) is 65.2 Å². The smallest absolute Gasteiger partial charge is 0.136 e. The summed E-state index contributed by atoms with van der Waals surface area (Å²) in [6.07, 6.45) is 1.02. The number of rotatable bonds is 1. The molecule has 21 heavy (non-hydrogen) atoms. The first-order valence-electron chi connectivity index (χ1n) is 7.01. The van der Waals surface area contributed by atoms with E-state index in [9.17, 15) is 5.11 Å². The maximum absolute atomic E-state index is 10.1. The second-order valence-corrected chi connectivity index (χ2v) is 5.68. The lowest BCUT2D eigenvalue weighted by molar-refractivity contribution is 0.476. The first-order valence-corrected chi connectivity index (χ1v) is 7.39. The van der Waals surface area contributed by atoms with Crippen LogP contribution in [0.15, 0.2) is 54.6 Å². The van der Waals surface area contributed by atoms with Gasteiger partial charge in [0.1, 0.15) is 5.75 Å². The molecule has 1 aliphatic heterocycles. The highest BCUT2D eigenvalue weighted by Gasteiger charge is 2.22. The number of phenolic OH excluding ortho intramolecular Hbond substituents is 1. The summed E-state index contributed by atoms with van der Waals surface area (Å²) in [5, 5.41) is 12.5. The minimum absolute atomic E-state index is 0.134. The molecule has 104 valence electrons. The van der Waals surface area contributed by atoms with E-state index in [4.69, 9.17) is 11.6 Å². The van der Waals surface area contributed by atoms with Crippen LogP contribution in [0.1, 0.15) is 5.56 Å². The molecule has 0 aromatic heterocycles. The van der Waals surface area contributed by atoms with Crippen LogP contribution in [0, 0.1) is 0 Å². The molecule has 0 fully saturated rings. The van der Waals surface area contributed by atoms with Crippen LogP contribution in [0.4, 0.5) is 11.4 Å². The van der Waals surface area contributed by atoms with Crippen molar-refractivity contribution in [3.63, 3.8) is 0 Å². The summed E-state index contributed by atoms with van der Waals surface area (Å²) < 4.78 is 0. The molecule has 0 spiro atoms. The molecule has 2 nitrogen and oxygen atoms in total. The van der Waals surface area contributed by atoms with Crippen molar-refractivity contribution in [1.82, 2.24) is 0 Å². The number of fused-ring (bicyclic) bond motifs is 2. The maximum Gasteiger partial charge on any atom is 0.136 e. The molecule has 0 atom stereocenters. The number of halogens is 1. The first-order chi connectivity index (χ1) is 10.3. The van der Waals surface area contributed by atoms with Gasteiger partial charge in [-0.2, -0.15) is 0 Å². The van der Waals surface area contributed by atoms with Crippen molar-refractivity contribution >= 4 is 33.7 Å². The number of phenols is 1. The van der Waals surface area contributed by atoms with Crippen LogP contribution in [0.5, 0.6) is 5.75 Å². The summed E-state index contributed by atoms with van der Waals surface area (Å²) in [6.45, 7) is 0.921. The minimum atomic E-state index is 0.134. The van der Waals surface area contributed by atoms with Crippen molar-refractivity contribution in [2.45, 2.75) is 6.42 Å². The van der Waals surface area contributed by atoms with Gasteiger partial charge in [0.2, 0.25) is 0 Å². The molecule has 0 amide bonds. The molecule has 3 heteroatoms. The summed E-state index contributed by atoms with van der Waals surface area (Å²) in [5.41, 5.74) is 3.57. The van der Waals surface area contributed by atoms with Crippen molar-refractivity contribution < 1.29 is 5.11 Å². The van der Waals surface area contributed by atoms with Crippen molar-refractivity contribution in [3.8, 4) is 5.75 Å². The number of nitrogens with zero attached hydrogens (tertiary/aromatic N) is 1. The van der Waals surface area contributed by atoms with Crippen LogP contribution in [0.3, 0.4) is 0 Å². The number of hydrogen-bond donors (Lipinski definition) is 1. The Bertz CT molecular complexity index is 844. The number of aromatic hydroxyl groups is 1. The SMILES string of the molecule is Oc1cc(N2CCc3ccccc32)c2ccccc2c1Cl. The first kappa shape index (κ1) is 12.5. The van der Waals surface area contributed by atoms with Crippen LogP contribution in [0.2, 0.25) is 5.02 Å². The van der Waals surface area contributed by atoms with Crippen LogP contribution in [-0.2, 0) is 6.42 Å². The van der Waals surface area contributed by atoms with Crippen molar-refractivity contribution in [1.29, 1.82) is 0 Å². The van der Waals surface area contributed by atoms with E-state index in [0.717, 1.165) is 29.4 Å². The predicted molar refractivity (Wildman–Crippen MR) is 87.8 cm³/mol. The average Bonchev–Trinajstić information content (AvgIpc) is 2.95. The molecule has 0 unspecified atom stereocenters. The van der Waals surface area contributed by atoms with Crippen molar-refractivity contribution in [2.24, 2.45) is 0 Å². The van der Waals surface area contributed by atoms with Gasteiger partial charge in [-0.25, -0.2) is 0 Å². The summed E-state index contributed by atoms with van der Waals surface area (Å²) in [7, 11) is 0. The Labute approximate surface area is 128 Å². The van der Waals surface area contributed by atoms with E-state index in [1.54, 1.807) is 6.07 Å². The number of hydrogen-bond acceptors (Lipinski definition) is 2. The zero-order valence-electron chi connectivity index (χ0n) is 11.4. The van der Waals surface area contributed by atoms with Crippen LogP contribution in [0.25, 0.3) is 10.8 Å². The molecule has 0 bridgehead atoms. The molecule has 1 N–H and O–H groups in total. The normalized spacial score (nSPS) is 13.7. The third-order valence-electron chi connectivity index (χ3n) is 4.12. The second kappa shape index (κ2) is 4.68. The fourth-order valence-corrected chi connectivity index (χ4v) is 3.34. The van der Waals surface area contributed by atoms with Crippen LogP contribution < -0.4 is 4.90 Å². The van der Waals surface area contributed by atoms with Crippen molar-refractivity contribution in [2.75, 3.05) is 11.4 Å². The molecule has 0 saturated carbocycles. The summed E-state index contributed by atoms with van der Waals surface area (Å²) >= 11 is 6.24. The Kier molecular flexibility index (Phi) is 2.79. The summed E-state index contributed by atoms with van der Waals surface area (Å²) in [5.74, 6) is 0.134. The highest BCUT2D eigenvalue weighted by Crippen LogP contribution is 2.43. The van der Waals surface area contributed by atoms with Crippen LogP contribution >= 0.6 is 11.6 Å². The molecule has 3 aromatic rings. The van der Waals surface area contributed by atoms with Gasteiger partial charge >= 0.3 is 0 Å². The van der Waals surface area contributed by atoms with Gasteiger partial charge in [0.05, 0.1) is 10.7 Å². The molecule has 4 rings (SSSR count). The molecule has 0 aliphatic carbocycles. The quantitative estimate of drug-likeness (QED) is 0.691. The summed E-state index contributed by atoms with van der Waals surface area (Å²) in [6, 6.07) is 18.1. The Morgan fingerprint density at radius 1 is 0.905 bits per heavy atom. The molecule has 1 aliphatic rings. The zero-order valence-corrected chi connectivity index (χ0v) is 12.1. The van der Waals surface area contributed by atoms with Gasteiger partial charge < -0.3 is 10.0 Å². The third-order valence-corrected chi connectivity index (χ3v) is 4.51. The van der Waals surface area contributed by atoms with Gasteiger partial charge in [-0.3, -0.25) is 0 Å². The Hall–Kier alpha value is -2.19.